The number of aromatic nitrogens is 1. The second-order valence-corrected chi connectivity index (χ2v) is 6.25. The fraction of sp³-hybridized carbons (Fsp3) is 0.250. The zero-order valence-corrected chi connectivity index (χ0v) is 14.5. The number of nitrogens with two attached hydrogens (primary N) is 1. The Morgan fingerprint density at radius 1 is 1.08 bits per heavy atom. The summed E-state index contributed by atoms with van der Waals surface area (Å²) >= 11 is 0. The number of rotatable bonds is 4. The first kappa shape index (κ1) is 16.3. The van der Waals surface area contributed by atoms with Gasteiger partial charge in [-0.2, -0.15) is 0 Å². The molecular weight excluding hydrogens is 328 g/mol. The molecule has 0 amide bonds. The third-order valence-electron chi connectivity index (χ3n) is 4.32. The third-order valence-corrected chi connectivity index (χ3v) is 4.32. The van der Waals surface area contributed by atoms with Crippen LogP contribution in [0.4, 0.5) is 5.69 Å². The molecular formula is C20H22N4O2. The number of guanidine groups is 1. The molecule has 0 atom stereocenters. The van der Waals surface area contributed by atoms with Gasteiger partial charge in [-0.3, -0.25) is 4.99 Å². The molecule has 0 unspecified atom stereocenters. The topological polar surface area (TPSA) is 84.7 Å². The lowest BCUT2D eigenvalue weighted by molar-refractivity contribution is 0.297. The molecule has 0 aliphatic carbocycles. The number of nitrogens with zero attached hydrogens (tertiary/aromatic N) is 1. The molecule has 1 aliphatic rings. The summed E-state index contributed by atoms with van der Waals surface area (Å²) in [6.07, 6.45) is 3.67. The van der Waals surface area contributed by atoms with Crippen LogP contribution < -0.4 is 20.5 Å². The van der Waals surface area contributed by atoms with Gasteiger partial charge in [-0.15, -0.1) is 0 Å². The Labute approximate surface area is 152 Å². The van der Waals surface area contributed by atoms with Crippen molar-refractivity contribution in [2.75, 3.05) is 25.1 Å². The lowest BCUT2D eigenvalue weighted by atomic mass is 10.1. The monoisotopic (exact) mass is 350 g/mol. The van der Waals surface area contributed by atoms with Crippen LogP contribution in [-0.2, 0) is 6.42 Å². The summed E-state index contributed by atoms with van der Waals surface area (Å²) in [6.45, 7) is 1.96. The normalized spacial score (nSPS) is 14.2. The van der Waals surface area contributed by atoms with Gasteiger partial charge >= 0.3 is 0 Å². The van der Waals surface area contributed by atoms with Gasteiger partial charge in [-0.05, 0) is 47.7 Å². The van der Waals surface area contributed by atoms with Crippen LogP contribution in [0, 0.1) is 0 Å². The summed E-state index contributed by atoms with van der Waals surface area (Å²) in [7, 11) is 0. The predicted molar refractivity (Wildman–Crippen MR) is 104 cm³/mol. The second kappa shape index (κ2) is 7.39. The lowest BCUT2D eigenvalue weighted by Gasteiger charge is -2.10. The highest BCUT2D eigenvalue weighted by Crippen LogP contribution is 2.32. The Morgan fingerprint density at radius 2 is 1.96 bits per heavy atom. The van der Waals surface area contributed by atoms with Crippen LogP contribution >= 0.6 is 0 Å². The first-order chi connectivity index (χ1) is 12.8. The van der Waals surface area contributed by atoms with Crippen molar-refractivity contribution in [3.05, 3.63) is 54.2 Å². The van der Waals surface area contributed by atoms with Crippen LogP contribution in [0.15, 0.2) is 53.7 Å². The zero-order valence-electron chi connectivity index (χ0n) is 14.5. The van der Waals surface area contributed by atoms with E-state index in [9.17, 15) is 0 Å². The summed E-state index contributed by atoms with van der Waals surface area (Å²) in [6, 6.07) is 14.1. The van der Waals surface area contributed by atoms with Crippen LogP contribution in [0.5, 0.6) is 11.5 Å². The number of benzene rings is 2. The molecule has 4 rings (SSSR count). The maximum atomic E-state index is 6.01. The minimum atomic E-state index is 0.391. The van der Waals surface area contributed by atoms with E-state index >= 15 is 0 Å². The van der Waals surface area contributed by atoms with Gasteiger partial charge in [-0.25, -0.2) is 0 Å². The number of ether oxygens (including phenoxy) is 2. The van der Waals surface area contributed by atoms with E-state index in [1.54, 1.807) is 0 Å². The fourth-order valence-corrected chi connectivity index (χ4v) is 2.99. The molecule has 26 heavy (non-hydrogen) atoms. The maximum absolute atomic E-state index is 6.01. The van der Waals surface area contributed by atoms with Crippen molar-refractivity contribution in [1.82, 2.24) is 4.98 Å². The summed E-state index contributed by atoms with van der Waals surface area (Å²) in [5, 5.41) is 4.32. The molecule has 0 radical (unpaired) electrons. The molecule has 3 aromatic rings. The van der Waals surface area contributed by atoms with Crippen LogP contribution in [0.25, 0.3) is 10.9 Å². The van der Waals surface area contributed by atoms with E-state index in [0.717, 1.165) is 35.5 Å². The minimum Gasteiger partial charge on any atom is -0.490 e. The smallest absolute Gasteiger partial charge is 0.193 e. The highest BCUT2D eigenvalue weighted by atomic mass is 16.5. The van der Waals surface area contributed by atoms with E-state index in [2.05, 4.69) is 39.6 Å². The van der Waals surface area contributed by atoms with E-state index < -0.39 is 0 Å². The molecule has 6 heteroatoms. The molecule has 0 bridgehead atoms. The van der Waals surface area contributed by atoms with E-state index in [4.69, 9.17) is 15.2 Å². The maximum Gasteiger partial charge on any atom is 0.193 e. The molecule has 0 fully saturated rings. The minimum absolute atomic E-state index is 0.391. The van der Waals surface area contributed by atoms with Crippen LogP contribution in [0.3, 0.4) is 0 Å². The average Bonchev–Trinajstić information content (AvgIpc) is 2.98. The van der Waals surface area contributed by atoms with E-state index in [1.165, 1.54) is 10.9 Å². The standard InChI is InChI=1S/C20H22N4O2/c21-20(23-8-6-14-2-4-17-15(12-14)7-9-22-17)24-16-3-5-18-19(13-16)26-11-1-10-25-18/h2-5,7,9,12-13,22H,1,6,8,10-11H2,(H3,21,23,24). The number of H-pyrrole nitrogens is 1. The predicted octanol–water partition coefficient (Wildman–Crippen LogP) is 3.30. The number of aromatic amines is 1. The van der Waals surface area contributed by atoms with E-state index in [1.807, 2.05) is 24.4 Å². The van der Waals surface area contributed by atoms with Gasteiger partial charge in [0, 0.05) is 36.4 Å². The van der Waals surface area contributed by atoms with Gasteiger partial charge in [0.15, 0.2) is 17.5 Å². The zero-order chi connectivity index (χ0) is 17.8. The second-order valence-electron chi connectivity index (χ2n) is 6.25. The summed E-state index contributed by atoms with van der Waals surface area (Å²) in [5.74, 6) is 1.89. The Morgan fingerprint density at radius 3 is 2.88 bits per heavy atom. The summed E-state index contributed by atoms with van der Waals surface area (Å²) < 4.78 is 11.3. The van der Waals surface area contributed by atoms with Gasteiger partial charge in [0.25, 0.3) is 0 Å². The van der Waals surface area contributed by atoms with Gasteiger partial charge in [-0.1, -0.05) is 6.07 Å². The molecule has 1 aliphatic heterocycles. The quantitative estimate of drug-likeness (QED) is 0.498. The van der Waals surface area contributed by atoms with Crippen molar-refractivity contribution in [2.45, 2.75) is 12.8 Å². The van der Waals surface area contributed by atoms with Crippen LogP contribution in [-0.4, -0.2) is 30.7 Å². The molecule has 2 heterocycles. The molecule has 4 N–H and O–H groups in total. The van der Waals surface area contributed by atoms with E-state index in [0.29, 0.717) is 25.7 Å². The van der Waals surface area contributed by atoms with Crippen molar-refractivity contribution in [3.8, 4) is 11.5 Å². The molecule has 134 valence electrons. The number of nitrogens with one attached hydrogen (secondary N) is 2. The third kappa shape index (κ3) is 3.74. The van der Waals surface area contributed by atoms with Gasteiger partial charge in [0.1, 0.15) is 0 Å². The first-order valence-corrected chi connectivity index (χ1v) is 8.80. The largest absolute Gasteiger partial charge is 0.490 e. The first-order valence-electron chi connectivity index (χ1n) is 8.80. The van der Waals surface area contributed by atoms with Crippen molar-refractivity contribution in [1.29, 1.82) is 0 Å². The van der Waals surface area contributed by atoms with Crippen molar-refractivity contribution < 1.29 is 9.47 Å². The Bertz CT molecular complexity index is 932. The summed E-state index contributed by atoms with van der Waals surface area (Å²) in [4.78, 5) is 7.61. The molecule has 6 nitrogen and oxygen atoms in total. The fourth-order valence-electron chi connectivity index (χ4n) is 2.99. The number of hydrogen-bond donors (Lipinski definition) is 3. The summed E-state index contributed by atoms with van der Waals surface area (Å²) in [5.41, 5.74) is 9.24. The van der Waals surface area contributed by atoms with Crippen molar-refractivity contribution >= 4 is 22.5 Å². The Hall–Kier alpha value is -3.15. The lowest BCUT2D eigenvalue weighted by Crippen LogP contribution is -2.23. The van der Waals surface area contributed by atoms with Gasteiger partial charge < -0.3 is 25.5 Å². The molecule has 1 aromatic heterocycles. The molecule has 2 aromatic carbocycles. The van der Waals surface area contributed by atoms with Crippen LogP contribution in [0.1, 0.15) is 12.0 Å². The van der Waals surface area contributed by atoms with Crippen LogP contribution in [0.2, 0.25) is 0 Å². The van der Waals surface area contributed by atoms with Gasteiger partial charge in [0.05, 0.1) is 13.2 Å². The number of anilines is 1. The van der Waals surface area contributed by atoms with Crippen molar-refractivity contribution in [2.24, 2.45) is 10.7 Å². The number of fused-ring (bicyclic) bond motifs is 2. The number of aliphatic imine (C=N–C) groups is 1. The van der Waals surface area contributed by atoms with Gasteiger partial charge in [0.2, 0.25) is 0 Å². The molecule has 0 spiro atoms. The highest BCUT2D eigenvalue weighted by Gasteiger charge is 2.10. The molecule has 0 saturated carbocycles. The SMILES string of the molecule is NC(=NCCc1ccc2[nH]ccc2c1)Nc1ccc2c(c1)OCCCO2. The average molecular weight is 350 g/mol. The van der Waals surface area contributed by atoms with E-state index in [-0.39, 0.29) is 0 Å². The Kier molecular flexibility index (Phi) is 4.64. The molecule has 0 saturated heterocycles. The van der Waals surface area contributed by atoms with Crippen molar-refractivity contribution in [3.63, 3.8) is 0 Å². The Balaban J connectivity index is 1.36. The highest BCUT2D eigenvalue weighted by molar-refractivity contribution is 5.92. The number of hydrogen-bond acceptors (Lipinski definition) is 3.